The topological polar surface area (TPSA) is 40.5 Å². The third kappa shape index (κ3) is 3.10. The van der Waals surface area contributed by atoms with E-state index in [2.05, 4.69) is 11.8 Å². The maximum atomic E-state index is 10.7. The third-order valence-electron chi connectivity index (χ3n) is 3.56. The van der Waals surface area contributed by atoms with Crippen LogP contribution in [0.1, 0.15) is 31.7 Å². The van der Waals surface area contributed by atoms with Crippen molar-refractivity contribution in [2.45, 2.75) is 32.2 Å². The van der Waals surface area contributed by atoms with Gasteiger partial charge in [-0.25, -0.2) is 4.79 Å². The molecule has 1 unspecified atom stereocenters. The van der Waals surface area contributed by atoms with E-state index in [0.717, 1.165) is 36.7 Å². The molecule has 1 atom stereocenters. The molecule has 0 saturated carbocycles. The minimum Gasteiger partial charge on any atom is -0.478 e. The maximum Gasteiger partial charge on any atom is 0.328 e. The van der Waals surface area contributed by atoms with E-state index in [4.69, 9.17) is 16.7 Å². The molecule has 1 N–H and O–H groups in total. The number of carboxylic acid groups (broad SMARTS) is 1. The van der Waals surface area contributed by atoms with Gasteiger partial charge in [0.2, 0.25) is 0 Å². The molecule has 0 radical (unpaired) electrons. The summed E-state index contributed by atoms with van der Waals surface area (Å²) in [6.07, 6.45) is 6.18. The monoisotopic (exact) mass is 279 g/mol. The van der Waals surface area contributed by atoms with Crippen LogP contribution in [0.5, 0.6) is 0 Å². The van der Waals surface area contributed by atoms with Gasteiger partial charge in [-0.15, -0.1) is 0 Å². The molecule has 0 spiro atoms. The van der Waals surface area contributed by atoms with Crippen molar-refractivity contribution in [3.63, 3.8) is 0 Å². The van der Waals surface area contributed by atoms with Gasteiger partial charge in [0.15, 0.2) is 0 Å². The molecule has 1 aromatic rings. The van der Waals surface area contributed by atoms with Crippen molar-refractivity contribution in [2.24, 2.45) is 0 Å². The number of hydrogen-bond acceptors (Lipinski definition) is 2. The van der Waals surface area contributed by atoms with Crippen molar-refractivity contribution in [1.29, 1.82) is 0 Å². The van der Waals surface area contributed by atoms with Gasteiger partial charge >= 0.3 is 5.97 Å². The van der Waals surface area contributed by atoms with Crippen LogP contribution in [0.3, 0.4) is 0 Å². The molecule has 0 aliphatic carbocycles. The van der Waals surface area contributed by atoms with Crippen LogP contribution in [0, 0.1) is 0 Å². The lowest BCUT2D eigenvalue weighted by molar-refractivity contribution is -0.131. The Balaban J connectivity index is 2.40. The summed E-state index contributed by atoms with van der Waals surface area (Å²) in [4.78, 5) is 13.0. The van der Waals surface area contributed by atoms with E-state index in [-0.39, 0.29) is 0 Å². The van der Waals surface area contributed by atoms with Gasteiger partial charge in [0, 0.05) is 18.7 Å². The van der Waals surface area contributed by atoms with Gasteiger partial charge in [0.1, 0.15) is 0 Å². The Bertz CT molecular complexity index is 499. The second-order valence-corrected chi connectivity index (χ2v) is 5.15. The number of rotatable bonds is 4. The SMILES string of the molecule is CCC1CCCN1c1c(Cl)cccc1/C=C/C(=O)O. The van der Waals surface area contributed by atoms with E-state index in [1.165, 1.54) is 6.42 Å². The van der Waals surface area contributed by atoms with Crippen molar-refractivity contribution in [2.75, 3.05) is 11.4 Å². The predicted molar refractivity (Wildman–Crippen MR) is 78.8 cm³/mol. The number of carboxylic acids is 1. The summed E-state index contributed by atoms with van der Waals surface area (Å²) in [5, 5.41) is 9.45. The molecular formula is C15H18ClNO2. The van der Waals surface area contributed by atoms with Crippen LogP contribution < -0.4 is 4.90 Å². The smallest absolute Gasteiger partial charge is 0.328 e. The Labute approximate surface area is 118 Å². The Kier molecular flexibility index (Phi) is 4.48. The average Bonchev–Trinajstić information content (AvgIpc) is 2.84. The molecule has 2 rings (SSSR count). The van der Waals surface area contributed by atoms with E-state index >= 15 is 0 Å². The zero-order chi connectivity index (χ0) is 13.8. The standard InChI is InChI=1S/C15H18ClNO2/c1-2-12-6-4-10-17(12)15-11(8-9-14(18)19)5-3-7-13(15)16/h3,5,7-9,12H,2,4,6,10H2,1H3,(H,18,19)/b9-8+. The third-order valence-corrected chi connectivity index (χ3v) is 3.86. The van der Waals surface area contributed by atoms with E-state index in [1.54, 1.807) is 6.08 Å². The summed E-state index contributed by atoms with van der Waals surface area (Å²) >= 11 is 6.32. The summed E-state index contributed by atoms with van der Waals surface area (Å²) < 4.78 is 0. The van der Waals surface area contributed by atoms with E-state index in [0.29, 0.717) is 11.1 Å². The highest BCUT2D eigenvalue weighted by Crippen LogP contribution is 2.36. The Morgan fingerprint density at radius 3 is 3.05 bits per heavy atom. The quantitative estimate of drug-likeness (QED) is 0.852. The molecule has 102 valence electrons. The maximum absolute atomic E-state index is 10.7. The molecule has 3 nitrogen and oxygen atoms in total. The number of nitrogens with zero attached hydrogens (tertiary/aromatic N) is 1. The fourth-order valence-corrected chi connectivity index (χ4v) is 2.98. The summed E-state index contributed by atoms with van der Waals surface area (Å²) in [5.41, 5.74) is 1.83. The summed E-state index contributed by atoms with van der Waals surface area (Å²) in [6, 6.07) is 6.12. The molecule has 1 aliphatic rings. The average molecular weight is 280 g/mol. The van der Waals surface area contributed by atoms with Crippen molar-refractivity contribution in [1.82, 2.24) is 0 Å². The number of para-hydroxylation sites is 1. The largest absolute Gasteiger partial charge is 0.478 e. The predicted octanol–water partition coefficient (Wildman–Crippen LogP) is 3.82. The molecule has 1 heterocycles. The van der Waals surface area contributed by atoms with E-state index in [1.807, 2.05) is 18.2 Å². The molecule has 1 aromatic carbocycles. The van der Waals surface area contributed by atoms with E-state index in [9.17, 15) is 4.79 Å². The number of carbonyl (C=O) groups is 1. The van der Waals surface area contributed by atoms with Gasteiger partial charge in [-0.1, -0.05) is 30.7 Å². The molecule has 0 aromatic heterocycles. The van der Waals surface area contributed by atoms with Crippen LogP contribution in [-0.4, -0.2) is 23.7 Å². The minimum atomic E-state index is -0.945. The van der Waals surface area contributed by atoms with Gasteiger partial charge in [0.05, 0.1) is 10.7 Å². The molecular weight excluding hydrogens is 262 g/mol. The van der Waals surface area contributed by atoms with Crippen LogP contribution in [0.4, 0.5) is 5.69 Å². The van der Waals surface area contributed by atoms with Gasteiger partial charge in [-0.3, -0.25) is 0 Å². The Morgan fingerprint density at radius 1 is 1.58 bits per heavy atom. The molecule has 19 heavy (non-hydrogen) atoms. The van der Waals surface area contributed by atoms with Crippen LogP contribution in [-0.2, 0) is 4.79 Å². The second kappa shape index (κ2) is 6.11. The van der Waals surface area contributed by atoms with Crippen molar-refractivity contribution in [3.8, 4) is 0 Å². The van der Waals surface area contributed by atoms with Crippen LogP contribution in [0.25, 0.3) is 6.08 Å². The van der Waals surface area contributed by atoms with Gasteiger partial charge in [0.25, 0.3) is 0 Å². The molecule has 4 heteroatoms. The van der Waals surface area contributed by atoms with Gasteiger partial charge < -0.3 is 10.0 Å². The molecule has 1 aliphatic heterocycles. The van der Waals surface area contributed by atoms with Crippen LogP contribution in [0.15, 0.2) is 24.3 Å². The first-order valence-corrected chi connectivity index (χ1v) is 6.97. The first-order valence-electron chi connectivity index (χ1n) is 6.59. The summed E-state index contributed by atoms with van der Waals surface area (Å²) in [7, 11) is 0. The lowest BCUT2D eigenvalue weighted by Gasteiger charge is -2.28. The second-order valence-electron chi connectivity index (χ2n) is 4.75. The highest BCUT2D eigenvalue weighted by molar-refractivity contribution is 6.33. The molecule has 1 fully saturated rings. The van der Waals surface area contributed by atoms with Gasteiger partial charge in [-0.2, -0.15) is 0 Å². The fourth-order valence-electron chi connectivity index (χ4n) is 2.69. The van der Waals surface area contributed by atoms with Crippen molar-refractivity contribution in [3.05, 3.63) is 34.9 Å². The van der Waals surface area contributed by atoms with Crippen LogP contribution in [0.2, 0.25) is 5.02 Å². The number of anilines is 1. The van der Waals surface area contributed by atoms with Crippen LogP contribution >= 0.6 is 11.6 Å². The fraction of sp³-hybridized carbons (Fsp3) is 0.400. The van der Waals surface area contributed by atoms with E-state index < -0.39 is 5.97 Å². The number of benzene rings is 1. The van der Waals surface area contributed by atoms with Gasteiger partial charge in [-0.05, 0) is 37.0 Å². The highest BCUT2D eigenvalue weighted by atomic mass is 35.5. The first-order chi connectivity index (χ1) is 9.13. The summed E-state index contributed by atoms with van der Waals surface area (Å²) in [5.74, 6) is -0.945. The lowest BCUT2D eigenvalue weighted by atomic mass is 10.1. The van der Waals surface area contributed by atoms with Crippen molar-refractivity contribution < 1.29 is 9.90 Å². The Hall–Kier alpha value is -1.48. The highest BCUT2D eigenvalue weighted by Gasteiger charge is 2.26. The molecule has 1 saturated heterocycles. The number of hydrogen-bond donors (Lipinski definition) is 1. The number of halogens is 1. The Morgan fingerprint density at radius 2 is 2.37 bits per heavy atom. The summed E-state index contributed by atoms with van der Waals surface area (Å²) in [6.45, 7) is 3.16. The normalized spacial score (nSPS) is 19.3. The molecule has 0 amide bonds. The zero-order valence-corrected chi connectivity index (χ0v) is 11.7. The van der Waals surface area contributed by atoms with Crippen molar-refractivity contribution >= 4 is 29.3 Å². The zero-order valence-electron chi connectivity index (χ0n) is 11.0. The lowest BCUT2D eigenvalue weighted by Crippen LogP contribution is -2.29. The molecule has 0 bridgehead atoms. The minimum absolute atomic E-state index is 0.497. The number of aliphatic carboxylic acids is 1. The first kappa shape index (κ1) is 13.9.